The van der Waals surface area contributed by atoms with Gasteiger partial charge in [0, 0.05) is 17.5 Å². The van der Waals surface area contributed by atoms with Crippen molar-refractivity contribution in [1.29, 1.82) is 0 Å². The third-order valence-electron chi connectivity index (χ3n) is 3.96. The molecule has 1 heterocycles. The summed E-state index contributed by atoms with van der Waals surface area (Å²) < 4.78 is 10.5. The number of H-pyrrole nitrogens is 1. The van der Waals surface area contributed by atoms with Gasteiger partial charge in [-0.2, -0.15) is 0 Å². The predicted molar refractivity (Wildman–Crippen MR) is 97.7 cm³/mol. The van der Waals surface area contributed by atoms with Crippen molar-refractivity contribution >= 4 is 22.6 Å². The van der Waals surface area contributed by atoms with E-state index in [2.05, 4.69) is 29.1 Å². The quantitative estimate of drug-likeness (QED) is 0.738. The molecule has 0 aliphatic heterocycles. The lowest BCUT2D eigenvalue weighted by molar-refractivity contribution is 0.102. The smallest absolute Gasteiger partial charge is 0.255 e. The van der Waals surface area contributed by atoms with Crippen LogP contribution in [0.1, 0.15) is 35.9 Å². The zero-order valence-corrected chi connectivity index (χ0v) is 14.7. The van der Waals surface area contributed by atoms with Crippen molar-refractivity contribution in [2.24, 2.45) is 0 Å². The van der Waals surface area contributed by atoms with Gasteiger partial charge in [-0.15, -0.1) is 0 Å². The number of nitrogens with zero attached hydrogens (tertiary/aromatic N) is 1. The molecular weight excluding hydrogens is 318 g/mol. The average Bonchev–Trinajstić information content (AvgIpc) is 3.05. The van der Waals surface area contributed by atoms with Gasteiger partial charge in [-0.1, -0.05) is 13.8 Å². The molecule has 3 rings (SSSR count). The Labute approximate surface area is 146 Å². The number of fused-ring (bicyclic) bond motifs is 1. The third-order valence-corrected chi connectivity index (χ3v) is 3.96. The minimum atomic E-state index is -0.228. The molecule has 130 valence electrons. The van der Waals surface area contributed by atoms with Crippen molar-refractivity contribution < 1.29 is 14.3 Å². The minimum Gasteiger partial charge on any atom is -0.497 e. The number of benzene rings is 2. The maximum atomic E-state index is 12.6. The molecule has 0 fully saturated rings. The molecule has 0 aliphatic rings. The molecule has 0 aliphatic carbocycles. The topological polar surface area (TPSA) is 76.2 Å². The molecule has 0 spiro atoms. The van der Waals surface area contributed by atoms with E-state index in [0.717, 1.165) is 16.9 Å². The molecule has 2 aromatic carbocycles. The molecule has 6 nitrogen and oxygen atoms in total. The highest BCUT2D eigenvalue weighted by molar-refractivity contribution is 6.06. The van der Waals surface area contributed by atoms with E-state index in [1.165, 1.54) is 0 Å². The van der Waals surface area contributed by atoms with E-state index in [1.807, 2.05) is 6.07 Å². The van der Waals surface area contributed by atoms with E-state index in [-0.39, 0.29) is 5.91 Å². The Morgan fingerprint density at radius 2 is 1.92 bits per heavy atom. The summed E-state index contributed by atoms with van der Waals surface area (Å²) in [4.78, 5) is 20.4. The summed E-state index contributed by atoms with van der Waals surface area (Å²) in [6, 6.07) is 10.7. The van der Waals surface area contributed by atoms with Crippen molar-refractivity contribution in [3.8, 4) is 11.5 Å². The number of amides is 1. The number of aromatic amines is 1. The van der Waals surface area contributed by atoms with Gasteiger partial charge in [-0.05, 0) is 30.3 Å². The molecule has 6 heteroatoms. The first kappa shape index (κ1) is 16.8. The number of carbonyl (C=O) groups is 1. The minimum absolute atomic E-state index is 0.228. The van der Waals surface area contributed by atoms with Crippen LogP contribution in [0.4, 0.5) is 5.69 Å². The summed E-state index contributed by atoms with van der Waals surface area (Å²) in [7, 11) is 3.13. The highest BCUT2D eigenvalue weighted by atomic mass is 16.5. The lowest BCUT2D eigenvalue weighted by atomic mass is 10.1. The van der Waals surface area contributed by atoms with Gasteiger partial charge in [0.15, 0.2) is 0 Å². The highest BCUT2D eigenvalue weighted by Gasteiger charge is 2.13. The summed E-state index contributed by atoms with van der Waals surface area (Å²) >= 11 is 0. The molecule has 1 aromatic heterocycles. The monoisotopic (exact) mass is 339 g/mol. The summed E-state index contributed by atoms with van der Waals surface area (Å²) in [6.07, 6.45) is 0. The molecule has 0 saturated carbocycles. The van der Waals surface area contributed by atoms with Gasteiger partial charge in [-0.25, -0.2) is 4.98 Å². The van der Waals surface area contributed by atoms with E-state index in [9.17, 15) is 4.79 Å². The SMILES string of the molecule is COc1ccc(OC)c(NC(=O)c2ccc3nc(C(C)C)[nH]c3c2)c1. The largest absolute Gasteiger partial charge is 0.497 e. The summed E-state index contributed by atoms with van der Waals surface area (Å²) in [6.45, 7) is 4.14. The number of anilines is 1. The lowest BCUT2D eigenvalue weighted by Gasteiger charge is -2.11. The van der Waals surface area contributed by atoms with Crippen molar-refractivity contribution in [2.45, 2.75) is 19.8 Å². The van der Waals surface area contributed by atoms with Crippen LogP contribution in [0, 0.1) is 0 Å². The fourth-order valence-corrected chi connectivity index (χ4v) is 2.55. The predicted octanol–water partition coefficient (Wildman–Crippen LogP) is 3.96. The van der Waals surface area contributed by atoms with Crippen LogP contribution in [-0.4, -0.2) is 30.1 Å². The standard InChI is InChI=1S/C19H21N3O3/c1-11(2)18-20-14-7-5-12(9-15(14)21-18)19(23)22-16-10-13(24-3)6-8-17(16)25-4/h5-11H,1-4H3,(H,20,21)(H,22,23). The number of rotatable bonds is 5. The second-order valence-electron chi connectivity index (χ2n) is 6.03. The van der Waals surface area contributed by atoms with Crippen molar-refractivity contribution in [3.63, 3.8) is 0 Å². The average molecular weight is 339 g/mol. The maximum absolute atomic E-state index is 12.6. The van der Waals surface area contributed by atoms with Crippen LogP contribution in [0.25, 0.3) is 11.0 Å². The number of nitrogens with one attached hydrogen (secondary N) is 2. The number of imidazole rings is 1. The number of aromatic nitrogens is 2. The van der Waals surface area contributed by atoms with Gasteiger partial charge in [0.1, 0.15) is 17.3 Å². The first-order valence-corrected chi connectivity index (χ1v) is 8.05. The lowest BCUT2D eigenvalue weighted by Crippen LogP contribution is -2.12. The number of carbonyl (C=O) groups excluding carboxylic acids is 1. The van der Waals surface area contributed by atoms with Crippen LogP contribution >= 0.6 is 0 Å². The highest BCUT2D eigenvalue weighted by Crippen LogP contribution is 2.29. The first-order chi connectivity index (χ1) is 12.0. The Hall–Kier alpha value is -3.02. The van der Waals surface area contributed by atoms with Gasteiger partial charge in [0.25, 0.3) is 5.91 Å². The Morgan fingerprint density at radius 1 is 1.12 bits per heavy atom. The van der Waals surface area contributed by atoms with Gasteiger partial charge < -0.3 is 19.8 Å². The fourth-order valence-electron chi connectivity index (χ4n) is 2.55. The van der Waals surface area contributed by atoms with E-state index in [4.69, 9.17) is 9.47 Å². The van der Waals surface area contributed by atoms with Crippen LogP contribution in [0.3, 0.4) is 0 Å². The zero-order valence-electron chi connectivity index (χ0n) is 14.7. The van der Waals surface area contributed by atoms with Crippen molar-refractivity contribution in [2.75, 3.05) is 19.5 Å². The fraction of sp³-hybridized carbons (Fsp3) is 0.263. The molecular formula is C19H21N3O3. The normalized spacial score (nSPS) is 10.9. The molecule has 2 N–H and O–H groups in total. The molecule has 0 atom stereocenters. The van der Waals surface area contributed by atoms with Crippen LogP contribution in [0.15, 0.2) is 36.4 Å². The first-order valence-electron chi connectivity index (χ1n) is 8.05. The molecule has 3 aromatic rings. The summed E-state index contributed by atoms with van der Waals surface area (Å²) in [5, 5.41) is 2.87. The van der Waals surface area contributed by atoms with E-state index < -0.39 is 0 Å². The van der Waals surface area contributed by atoms with Crippen LogP contribution in [0.5, 0.6) is 11.5 Å². The van der Waals surface area contributed by atoms with Gasteiger partial charge >= 0.3 is 0 Å². The summed E-state index contributed by atoms with van der Waals surface area (Å²) in [5.74, 6) is 2.18. The number of methoxy groups -OCH3 is 2. The molecule has 0 unspecified atom stereocenters. The Kier molecular flexibility index (Phi) is 4.61. The Morgan fingerprint density at radius 3 is 2.60 bits per heavy atom. The van der Waals surface area contributed by atoms with Gasteiger partial charge in [0.2, 0.25) is 0 Å². The Balaban J connectivity index is 1.89. The molecule has 25 heavy (non-hydrogen) atoms. The van der Waals surface area contributed by atoms with Crippen LogP contribution in [0.2, 0.25) is 0 Å². The molecule has 0 radical (unpaired) electrons. The van der Waals surface area contributed by atoms with Crippen LogP contribution in [-0.2, 0) is 0 Å². The maximum Gasteiger partial charge on any atom is 0.255 e. The van der Waals surface area contributed by atoms with Gasteiger partial charge in [-0.3, -0.25) is 4.79 Å². The number of hydrogen-bond donors (Lipinski definition) is 2. The second kappa shape index (κ2) is 6.84. The molecule has 0 bridgehead atoms. The molecule has 1 amide bonds. The molecule has 0 saturated heterocycles. The number of ether oxygens (including phenoxy) is 2. The number of hydrogen-bond acceptors (Lipinski definition) is 4. The zero-order chi connectivity index (χ0) is 18.0. The van der Waals surface area contributed by atoms with Crippen molar-refractivity contribution in [1.82, 2.24) is 9.97 Å². The second-order valence-corrected chi connectivity index (χ2v) is 6.03. The van der Waals surface area contributed by atoms with Gasteiger partial charge in [0.05, 0.1) is 30.9 Å². The summed E-state index contributed by atoms with van der Waals surface area (Å²) in [5.41, 5.74) is 2.78. The van der Waals surface area contributed by atoms with Crippen LogP contribution < -0.4 is 14.8 Å². The van der Waals surface area contributed by atoms with E-state index in [1.54, 1.807) is 44.6 Å². The van der Waals surface area contributed by atoms with E-state index in [0.29, 0.717) is 28.7 Å². The van der Waals surface area contributed by atoms with Crippen molar-refractivity contribution in [3.05, 3.63) is 47.8 Å². The third kappa shape index (κ3) is 3.42. The Bertz CT molecular complexity index is 915. The van der Waals surface area contributed by atoms with E-state index >= 15 is 0 Å².